The highest BCUT2D eigenvalue weighted by Crippen LogP contribution is 2.37. The maximum absolute atomic E-state index is 12.4. The minimum absolute atomic E-state index is 0.0905. The summed E-state index contributed by atoms with van der Waals surface area (Å²) < 4.78 is 4.98. The van der Waals surface area contributed by atoms with Crippen molar-refractivity contribution in [1.82, 2.24) is 15.0 Å². The molecule has 1 aromatic heterocycles. The van der Waals surface area contributed by atoms with Gasteiger partial charge in [0.15, 0.2) is 0 Å². The van der Waals surface area contributed by atoms with Crippen LogP contribution in [0.25, 0.3) is 0 Å². The first kappa shape index (κ1) is 16.7. The molecule has 3 rings (SSSR count). The average Bonchev–Trinajstić information content (AvgIpc) is 3.08. The van der Waals surface area contributed by atoms with Gasteiger partial charge in [-0.05, 0) is 19.8 Å². The van der Waals surface area contributed by atoms with Crippen LogP contribution in [-0.2, 0) is 20.9 Å². The Bertz CT molecular complexity index is 630. The van der Waals surface area contributed by atoms with Gasteiger partial charge in [0.05, 0.1) is 18.4 Å². The average molecular weight is 333 g/mol. The maximum atomic E-state index is 12.4. The van der Waals surface area contributed by atoms with Crippen LogP contribution in [0, 0.1) is 18.8 Å². The van der Waals surface area contributed by atoms with E-state index in [1.165, 1.54) is 9.80 Å². The number of carbonyl (C=O) groups is 3. The number of nitrogens with zero attached hydrogens (tertiary/aromatic N) is 3. The highest BCUT2D eigenvalue weighted by atomic mass is 16.5. The van der Waals surface area contributed by atoms with Crippen LogP contribution in [0.1, 0.15) is 43.6 Å². The van der Waals surface area contributed by atoms with E-state index in [4.69, 9.17) is 4.52 Å². The fraction of sp³-hybridized carbons (Fsp3) is 0.647. The smallest absolute Gasteiger partial charge is 0.233 e. The van der Waals surface area contributed by atoms with Crippen molar-refractivity contribution in [3.8, 4) is 0 Å². The molecular weight excluding hydrogens is 310 g/mol. The molecule has 1 aliphatic carbocycles. The van der Waals surface area contributed by atoms with E-state index >= 15 is 0 Å². The molecule has 130 valence electrons. The normalized spacial score (nSPS) is 23.5. The van der Waals surface area contributed by atoms with Crippen molar-refractivity contribution in [2.75, 3.05) is 13.6 Å². The van der Waals surface area contributed by atoms with Crippen molar-refractivity contribution in [3.63, 3.8) is 0 Å². The Morgan fingerprint density at radius 3 is 2.46 bits per heavy atom. The van der Waals surface area contributed by atoms with E-state index in [2.05, 4.69) is 5.16 Å². The highest BCUT2D eigenvalue weighted by Gasteiger charge is 2.47. The predicted octanol–water partition coefficient (Wildman–Crippen LogP) is 1.51. The van der Waals surface area contributed by atoms with Gasteiger partial charge in [-0.3, -0.25) is 19.3 Å². The van der Waals surface area contributed by atoms with E-state index < -0.39 is 0 Å². The Kier molecular flexibility index (Phi) is 4.69. The van der Waals surface area contributed by atoms with Gasteiger partial charge in [0.1, 0.15) is 11.5 Å². The fourth-order valence-electron chi connectivity index (χ4n) is 3.67. The van der Waals surface area contributed by atoms with Crippen molar-refractivity contribution >= 4 is 17.7 Å². The first-order valence-electron chi connectivity index (χ1n) is 8.48. The molecule has 3 amide bonds. The summed E-state index contributed by atoms with van der Waals surface area (Å²) in [5.74, 6) is 0.0850. The predicted molar refractivity (Wildman–Crippen MR) is 84.5 cm³/mol. The zero-order valence-electron chi connectivity index (χ0n) is 14.2. The zero-order chi connectivity index (χ0) is 17.3. The molecule has 1 saturated heterocycles. The number of carbonyl (C=O) groups excluding carboxylic acids is 3. The molecule has 24 heavy (non-hydrogen) atoms. The number of aromatic nitrogens is 1. The second-order valence-corrected chi connectivity index (χ2v) is 6.75. The van der Waals surface area contributed by atoms with Crippen LogP contribution in [0.3, 0.4) is 0 Å². The van der Waals surface area contributed by atoms with E-state index in [0.29, 0.717) is 18.0 Å². The molecule has 2 fully saturated rings. The Morgan fingerprint density at radius 1 is 1.29 bits per heavy atom. The maximum Gasteiger partial charge on any atom is 0.233 e. The number of imide groups is 1. The first-order valence-corrected chi connectivity index (χ1v) is 8.48. The van der Waals surface area contributed by atoms with Gasteiger partial charge in [0.2, 0.25) is 17.7 Å². The Labute approximate surface area is 140 Å². The Balaban J connectivity index is 1.54. The number of hydrogen-bond donors (Lipinski definition) is 0. The van der Waals surface area contributed by atoms with Crippen LogP contribution in [0.2, 0.25) is 0 Å². The summed E-state index contributed by atoms with van der Waals surface area (Å²) in [5.41, 5.74) is 0.683. The molecule has 7 nitrogen and oxygen atoms in total. The molecule has 0 spiro atoms. The number of aryl methyl sites for hydroxylation is 1. The third-order valence-corrected chi connectivity index (χ3v) is 4.98. The quantitative estimate of drug-likeness (QED) is 0.763. The second-order valence-electron chi connectivity index (χ2n) is 6.75. The van der Waals surface area contributed by atoms with Gasteiger partial charge in [0.25, 0.3) is 0 Å². The highest BCUT2D eigenvalue weighted by molar-refractivity contribution is 6.05. The summed E-state index contributed by atoms with van der Waals surface area (Å²) in [4.78, 5) is 39.9. The summed E-state index contributed by atoms with van der Waals surface area (Å²) in [6, 6.07) is 1.78. The first-order chi connectivity index (χ1) is 11.5. The lowest BCUT2D eigenvalue weighted by atomic mass is 9.81. The standard InChI is InChI=1S/C17H23N3O4/c1-11-9-12(18-24-11)10-19(2)15(21)7-8-20-16(22)13-5-3-4-6-14(13)17(20)23/h9,13-14H,3-8,10H2,1-2H3/t13-,14-/m1/s1. The summed E-state index contributed by atoms with van der Waals surface area (Å²) >= 11 is 0. The largest absolute Gasteiger partial charge is 0.361 e. The second kappa shape index (κ2) is 6.75. The fourth-order valence-corrected chi connectivity index (χ4v) is 3.67. The molecule has 0 radical (unpaired) electrons. The lowest BCUT2D eigenvalue weighted by Crippen LogP contribution is -2.36. The molecule has 2 aliphatic rings. The molecule has 1 aliphatic heterocycles. The number of likely N-dealkylation sites (tertiary alicyclic amines) is 1. The van der Waals surface area contributed by atoms with E-state index in [-0.39, 0.29) is 42.5 Å². The monoisotopic (exact) mass is 333 g/mol. The minimum atomic E-state index is -0.155. The Morgan fingerprint density at radius 2 is 1.92 bits per heavy atom. The van der Waals surface area contributed by atoms with Crippen molar-refractivity contribution in [2.45, 2.75) is 45.6 Å². The molecule has 1 aromatic rings. The number of hydrogen-bond acceptors (Lipinski definition) is 5. The van der Waals surface area contributed by atoms with Crippen molar-refractivity contribution in [2.24, 2.45) is 11.8 Å². The van der Waals surface area contributed by atoms with Gasteiger partial charge >= 0.3 is 0 Å². The summed E-state index contributed by atoms with van der Waals surface area (Å²) in [6.07, 6.45) is 3.75. The third-order valence-electron chi connectivity index (χ3n) is 4.98. The SMILES string of the molecule is Cc1cc(CN(C)C(=O)CCN2C(=O)[C@@H]3CCCC[C@H]3C2=O)no1. The van der Waals surface area contributed by atoms with Gasteiger partial charge in [-0.25, -0.2) is 0 Å². The zero-order valence-corrected chi connectivity index (χ0v) is 14.2. The summed E-state index contributed by atoms with van der Waals surface area (Å²) in [6.45, 7) is 2.32. The van der Waals surface area contributed by atoms with Crippen LogP contribution >= 0.6 is 0 Å². The van der Waals surface area contributed by atoms with Crippen LogP contribution in [0.5, 0.6) is 0 Å². The molecule has 0 aromatic carbocycles. The summed E-state index contributed by atoms with van der Waals surface area (Å²) in [7, 11) is 1.68. The van der Waals surface area contributed by atoms with E-state index in [1.54, 1.807) is 20.0 Å². The molecular formula is C17H23N3O4. The summed E-state index contributed by atoms with van der Waals surface area (Å²) in [5, 5.41) is 3.86. The van der Waals surface area contributed by atoms with Gasteiger partial charge < -0.3 is 9.42 Å². The van der Waals surface area contributed by atoms with E-state index in [9.17, 15) is 14.4 Å². The molecule has 2 atom stereocenters. The van der Waals surface area contributed by atoms with Crippen molar-refractivity contribution in [3.05, 3.63) is 17.5 Å². The lowest BCUT2D eigenvalue weighted by Gasteiger charge is -2.19. The molecule has 0 bridgehead atoms. The number of rotatable bonds is 5. The molecule has 2 heterocycles. The minimum Gasteiger partial charge on any atom is -0.361 e. The van der Waals surface area contributed by atoms with Crippen molar-refractivity contribution < 1.29 is 18.9 Å². The molecule has 7 heteroatoms. The Hall–Kier alpha value is -2.18. The van der Waals surface area contributed by atoms with E-state index in [1.807, 2.05) is 0 Å². The van der Waals surface area contributed by atoms with Crippen molar-refractivity contribution in [1.29, 1.82) is 0 Å². The van der Waals surface area contributed by atoms with Crippen LogP contribution < -0.4 is 0 Å². The number of fused-ring (bicyclic) bond motifs is 1. The molecule has 1 saturated carbocycles. The van der Waals surface area contributed by atoms with Crippen LogP contribution in [0.15, 0.2) is 10.6 Å². The number of amides is 3. The lowest BCUT2D eigenvalue weighted by molar-refractivity contribution is -0.140. The van der Waals surface area contributed by atoms with Crippen LogP contribution in [0.4, 0.5) is 0 Å². The van der Waals surface area contributed by atoms with E-state index in [0.717, 1.165) is 25.7 Å². The van der Waals surface area contributed by atoms with Gasteiger partial charge in [-0.1, -0.05) is 18.0 Å². The van der Waals surface area contributed by atoms with Gasteiger partial charge in [0, 0.05) is 26.1 Å². The topological polar surface area (TPSA) is 83.7 Å². The van der Waals surface area contributed by atoms with Gasteiger partial charge in [-0.15, -0.1) is 0 Å². The van der Waals surface area contributed by atoms with Gasteiger partial charge in [-0.2, -0.15) is 0 Å². The molecule has 0 N–H and O–H groups in total. The molecule has 0 unspecified atom stereocenters. The van der Waals surface area contributed by atoms with Crippen LogP contribution in [-0.4, -0.2) is 46.3 Å². The third kappa shape index (κ3) is 3.20.